The molecule has 0 aliphatic heterocycles. The molecule has 0 aromatic carbocycles. The minimum absolute atomic E-state index is 0.139. The molecule has 1 heterocycles. The lowest BCUT2D eigenvalue weighted by molar-refractivity contribution is -0.386. The molecule has 2 unspecified atom stereocenters. The fourth-order valence-electron chi connectivity index (χ4n) is 1.42. The third-order valence-corrected chi connectivity index (χ3v) is 2.63. The van der Waals surface area contributed by atoms with Gasteiger partial charge in [0.1, 0.15) is 6.10 Å². The summed E-state index contributed by atoms with van der Waals surface area (Å²) in [6.45, 7) is 0. The highest BCUT2D eigenvalue weighted by molar-refractivity contribution is 7.80. The van der Waals surface area contributed by atoms with E-state index >= 15 is 0 Å². The predicted molar refractivity (Wildman–Crippen MR) is 66.9 cm³/mol. The molecule has 0 saturated heterocycles. The van der Waals surface area contributed by atoms with E-state index in [9.17, 15) is 20.3 Å². The molecule has 100 valence electrons. The van der Waals surface area contributed by atoms with Crippen molar-refractivity contribution < 1.29 is 19.9 Å². The van der Waals surface area contributed by atoms with E-state index < -0.39 is 17.1 Å². The predicted octanol–water partition coefficient (Wildman–Crippen LogP) is 0.713. The van der Waals surface area contributed by atoms with Crippen LogP contribution in [0.15, 0.2) is 12.3 Å². The first-order chi connectivity index (χ1) is 8.51. The van der Waals surface area contributed by atoms with Crippen LogP contribution < -0.4 is 4.74 Å². The number of aromatic nitrogens is 1. The van der Waals surface area contributed by atoms with E-state index in [4.69, 9.17) is 4.74 Å². The van der Waals surface area contributed by atoms with Crippen molar-refractivity contribution in [2.24, 2.45) is 0 Å². The van der Waals surface area contributed by atoms with E-state index in [2.05, 4.69) is 17.6 Å². The van der Waals surface area contributed by atoms with Crippen LogP contribution in [-0.2, 0) is 0 Å². The molecule has 2 atom stereocenters. The van der Waals surface area contributed by atoms with E-state index in [1.165, 1.54) is 13.3 Å². The molecule has 1 aromatic rings. The number of hydrogen-bond donors (Lipinski definition) is 3. The maximum absolute atomic E-state index is 10.8. The molecule has 0 saturated carbocycles. The number of hydrogen-bond acceptors (Lipinski definition) is 7. The molecular weight excluding hydrogens is 260 g/mol. The quantitative estimate of drug-likeness (QED) is 0.401. The number of rotatable bonds is 6. The van der Waals surface area contributed by atoms with Gasteiger partial charge in [0.25, 0.3) is 5.88 Å². The van der Waals surface area contributed by atoms with Gasteiger partial charge in [-0.1, -0.05) is 0 Å². The van der Waals surface area contributed by atoms with Crippen LogP contribution in [0.3, 0.4) is 0 Å². The molecule has 0 aliphatic rings. The Morgan fingerprint density at radius 1 is 1.61 bits per heavy atom. The second-order valence-electron chi connectivity index (χ2n) is 3.58. The topological polar surface area (TPSA) is 106 Å². The highest BCUT2D eigenvalue weighted by atomic mass is 32.1. The van der Waals surface area contributed by atoms with Gasteiger partial charge in [0.05, 0.1) is 18.1 Å². The minimum Gasteiger partial charge on any atom is -0.476 e. The molecule has 18 heavy (non-hydrogen) atoms. The van der Waals surface area contributed by atoms with E-state index in [-0.39, 0.29) is 23.6 Å². The summed E-state index contributed by atoms with van der Waals surface area (Å²) in [7, 11) is 1.27. The van der Waals surface area contributed by atoms with Crippen molar-refractivity contribution in [3.63, 3.8) is 0 Å². The standard InChI is InChI=1S/C10H14N2O5S/c1-17-10-7(12(15)16)4-6(5-11-10)9(14)8(13)2-3-18/h4-5,8-9,13-14,18H,2-3H2,1H3. The molecular formula is C10H14N2O5S. The average Bonchev–Trinajstić information content (AvgIpc) is 2.37. The van der Waals surface area contributed by atoms with Crippen molar-refractivity contribution in [1.82, 2.24) is 4.98 Å². The Morgan fingerprint density at radius 3 is 2.78 bits per heavy atom. The summed E-state index contributed by atoms with van der Waals surface area (Å²) in [5.41, 5.74) is -0.191. The molecule has 0 spiro atoms. The molecule has 1 rings (SSSR count). The SMILES string of the molecule is COc1ncc(C(O)C(O)CCS)cc1[N+](=O)[O-]. The Bertz CT molecular complexity index is 429. The number of ether oxygens (including phenoxy) is 1. The van der Waals surface area contributed by atoms with Gasteiger partial charge in [-0.3, -0.25) is 10.1 Å². The normalized spacial score (nSPS) is 14.0. The van der Waals surface area contributed by atoms with E-state index in [1.807, 2.05) is 0 Å². The summed E-state index contributed by atoms with van der Waals surface area (Å²) >= 11 is 3.94. The molecule has 0 radical (unpaired) electrons. The Labute approximate surface area is 109 Å². The number of pyridine rings is 1. The molecule has 0 bridgehead atoms. The Balaban J connectivity index is 3.04. The Morgan fingerprint density at radius 2 is 2.28 bits per heavy atom. The summed E-state index contributed by atoms with van der Waals surface area (Å²) in [6, 6.07) is 1.14. The molecule has 8 heteroatoms. The van der Waals surface area contributed by atoms with Gasteiger partial charge in [0.15, 0.2) is 0 Å². The summed E-state index contributed by atoms with van der Waals surface area (Å²) in [5, 5.41) is 30.2. The monoisotopic (exact) mass is 274 g/mol. The van der Waals surface area contributed by atoms with Crippen LogP contribution in [0.1, 0.15) is 18.1 Å². The van der Waals surface area contributed by atoms with Crippen LogP contribution in [0.4, 0.5) is 5.69 Å². The summed E-state index contributed by atoms with van der Waals surface area (Å²) in [6.07, 6.45) is -0.783. The lowest BCUT2D eigenvalue weighted by atomic mass is 10.0. The fourth-order valence-corrected chi connectivity index (χ4v) is 1.68. The first kappa shape index (κ1) is 14.7. The number of methoxy groups -OCH3 is 1. The molecule has 0 fully saturated rings. The number of aliphatic hydroxyl groups is 2. The number of nitrogens with zero attached hydrogens (tertiary/aromatic N) is 2. The fraction of sp³-hybridized carbons (Fsp3) is 0.500. The van der Waals surface area contributed by atoms with Gasteiger partial charge in [-0.15, -0.1) is 0 Å². The number of nitro groups is 1. The van der Waals surface area contributed by atoms with E-state index in [1.54, 1.807) is 0 Å². The third-order valence-electron chi connectivity index (χ3n) is 2.37. The first-order valence-corrected chi connectivity index (χ1v) is 5.79. The zero-order valence-corrected chi connectivity index (χ0v) is 10.6. The Hall–Kier alpha value is -1.38. The lowest BCUT2D eigenvalue weighted by Gasteiger charge is -2.17. The van der Waals surface area contributed by atoms with Crippen molar-refractivity contribution in [3.8, 4) is 5.88 Å². The molecule has 1 aromatic heterocycles. The minimum atomic E-state index is -1.24. The van der Waals surface area contributed by atoms with Crippen LogP contribution >= 0.6 is 12.6 Å². The maximum Gasteiger partial charge on any atom is 0.331 e. The van der Waals surface area contributed by atoms with Gasteiger partial charge in [-0.2, -0.15) is 12.6 Å². The summed E-state index contributed by atoms with van der Waals surface area (Å²) < 4.78 is 4.74. The van der Waals surface area contributed by atoms with Crippen molar-refractivity contribution in [2.75, 3.05) is 12.9 Å². The largest absolute Gasteiger partial charge is 0.476 e. The van der Waals surface area contributed by atoms with Gasteiger partial charge >= 0.3 is 5.69 Å². The zero-order valence-electron chi connectivity index (χ0n) is 9.68. The molecule has 0 aliphatic carbocycles. The first-order valence-electron chi connectivity index (χ1n) is 5.16. The third kappa shape index (κ3) is 3.31. The van der Waals surface area contributed by atoms with Crippen molar-refractivity contribution in [2.45, 2.75) is 18.6 Å². The van der Waals surface area contributed by atoms with E-state index in [0.717, 1.165) is 6.07 Å². The lowest BCUT2D eigenvalue weighted by Crippen LogP contribution is -2.19. The number of aliphatic hydroxyl groups excluding tert-OH is 2. The molecule has 2 N–H and O–H groups in total. The van der Waals surface area contributed by atoms with Gasteiger partial charge in [0, 0.05) is 17.8 Å². The smallest absolute Gasteiger partial charge is 0.331 e. The highest BCUT2D eigenvalue weighted by Crippen LogP contribution is 2.28. The maximum atomic E-state index is 10.8. The van der Waals surface area contributed by atoms with Crippen LogP contribution in [0, 0.1) is 10.1 Å². The van der Waals surface area contributed by atoms with E-state index in [0.29, 0.717) is 5.75 Å². The van der Waals surface area contributed by atoms with Crippen LogP contribution in [0.2, 0.25) is 0 Å². The van der Waals surface area contributed by atoms with Crippen LogP contribution in [0.25, 0.3) is 0 Å². The van der Waals surface area contributed by atoms with Crippen molar-refractivity contribution in [1.29, 1.82) is 0 Å². The second-order valence-corrected chi connectivity index (χ2v) is 4.03. The molecule has 0 amide bonds. The van der Waals surface area contributed by atoms with Gasteiger partial charge in [-0.05, 0) is 12.2 Å². The van der Waals surface area contributed by atoms with Crippen molar-refractivity contribution in [3.05, 3.63) is 27.9 Å². The summed E-state index contributed by atoms with van der Waals surface area (Å²) in [5.74, 6) is 0.254. The zero-order chi connectivity index (χ0) is 13.7. The number of thiol groups is 1. The second kappa shape index (κ2) is 6.53. The van der Waals surface area contributed by atoms with Gasteiger partial charge in [-0.25, -0.2) is 4.98 Å². The Kier molecular flexibility index (Phi) is 5.32. The summed E-state index contributed by atoms with van der Waals surface area (Å²) in [4.78, 5) is 13.8. The van der Waals surface area contributed by atoms with Gasteiger partial charge in [0.2, 0.25) is 0 Å². The van der Waals surface area contributed by atoms with Crippen LogP contribution in [-0.4, -0.2) is 39.1 Å². The highest BCUT2D eigenvalue weighted by Gasteiger charge is 2.23. The average molecular weight is 274 g/mol. The van der Waals surface area contributed by atoms with Crippen LogP contribution in [0.5, 0.6) is 5.88 Å². The van der Waals surface area contributed by atoms with Gasteiger partial charge < -0.3 is 14.9 Å². The van der Waals surface area contributed by atoms with Crippen molar-refractivity contribution >= 4 is 18.3 Å². The molecule has 7 nitrogen and oxygen atoms in total.